The zero-order valence-corrected chi connectivity index (χ0v) is 11.1. The molecule has 0 atom stereocenters. The van der Waals surface area contributed by atoms with E-state index in [0.29, 0.717) is 0 Å². The highest BCUT2D eigenvalue weighted by atomic mass is 16.5. The summed E-state index contributed by atoms with van der Waals surface area (Å²) in [6.07, 6.45) is 1.11. The van der Waals surface area contributed by atoms with Crippen molar-refractivity contribution in [2.24, 2.45) is 0 Å². The fourth-order valence-corrected chi connectivity index (χ4v) is 2.90. The molecule has 1 fully saturated rings. The summed E-state index contributed by atoms with van der Waals surface area (Å²) >= 11 is 0. The van der Waals surface area contributed by atoms with Crippen LogP contribution >= 0.6 is 0 Å². The zero-order chi connectivity index (χ0) is 13.5. The molecule has 0 unspecified atom stereocenters. The Bertz CT molecular complexity index is 631. The van der Waals surface area contributed by atoms with Crippen molar-refractivity contribution in [3.05, 3.63) is 59.7 Å². The molecular formula is C17H15NO2. The highest BCUT2D eigenvalue weighted by Gasteiger charge is 2.36. The summed E-state index contributed by atoms with van der Waals surface area (Å²) in [4.78, 5) is 14.7. The number of hydrogen-bond acceptors (Lipinski definition) is 2. The van der Waals surface area contributed by atoms with Crippen LogP contribution in [0.15, 0.2) is 48.5 Å². The normalized spacial score (nSPS) is 16.7. The molecule has 0 N–H and O–H groups in total. The topological polar surface area (TPSA) is 29.5 Å². The summed E-state index contributed by atoms with van der Waals surface area (Å²) in [5.41, 5.74) is 1.95. The van der Waals surface area contributed by atoms with E-state index >= 15 is 0 Å². The van der Waals surface area contributed by atoms with E-state index in [9.17, 15) is 4.79 Å². The molecule has 0 spiro atoms. The highest BCUT2D eigenvalue weighted by Crippen LogP contribution is 2.44. The molecular weight excluding hydrogens is 250 g/mol. The molecule has 0 aromatic heterocycles. The van der Waals surface area contributed by atoms with Crippen LogP contribution in [0.5, 0.6) is 11.5 Å². The second-order valence-electron chi connectivity index (χ2n) is 5.29. The molecule has 3 heteroatoms. The number of carbonyl (C=O) groups is 1. The van der Waals surface area contributed by atoms with Crippen molar-refractivity contribution in [1.29, 1.82) is 0 Å². The number of para-hydroxylation sites is 2. The van der Waals surface area contributed by atoms with Crippen LogP contribution in [-0.4, -0.2) is 23.9 Å². The van der Waals surface area contributed by atoms with Gasteiger partial charge in [0.2, 0.25) is 5.91 Å². The lowest BCUT2D eigenvalue weighted by Gasteiger charge is -2.36. The molecule has 1 amide bonds. The Balaban J connectivity index is 1.85. The van der Waals surface area contributed by atoms with Crippen molar-refractivity contribution < 1.29 is 9.53 Å². The van der Waals surface area contributed by atoms with Crippen LogP contribution in [0.3, 0.4) is 0 Å². The van der Waals surface area contributed by atoms with Crippen LogP contribution in [0.25, 0.3) is 0 Å². The average Bonchev–Trinajstić information content (AvgIpc) is 2.42. The SMILES string of the molecule is O=C(C1c2ccccc2Oc2ccccc21)N1CCC1. The van der Waals surface area contributed by atoms with Gasteiger partial charge in [-0.2, -0.15) is 0 Å². The first kappa shape index (κ1) is 11.5. The lowest BCUT2D eigenvalue weighted by Crippen LogP contribution is -2.45. The Morgan fingerprint density at radius 1 is 0.950 bits per heavy atom. The van der Waals surface area contributed by atoms with E-state index in [-0.39, 0.29) is 11.8 Å². The smallest absolute Gasteiger partial charge is 0.234 e. The maximum atomic E-state index is 12.8. The van der Waals surface area contributed by atoms with Crippen molar-refractivity contribution in [2.75, 3.05) is 13.1 Å². The minimum atomic E-state index is -0.226. The van der Waals surface area contributed by atoms with E-state index in [2.05, 4.69) is 0 Å². The van der Waals surface area contributed by atoms with Crippen molar-refractivity contribution >= 4 is 5.91 Å². The van der Waals surface area contributed by atoms with Gasteiger partial charge in [0.1, 0.15) is 11.5 Å². The Morgan fingerprint density at radius 3 is 2.00 bits per heavy atom. The molecule has 2 aromatic rings. The largest absolute Gasteiger partial charge is 0.457 e. The number of likely N-dealkylation sites (tertiary alicyclic amines) is 1. The van der Waals surface area contributed by atoms with E-state index in [1.165, 1.54) is 0 Å². The maximum absolute atomic E-state index is 12.8. The van der Waals surface area contributed by atoms with Gasteiger partial charge in [-0.15, -0.1) is 0 Å². The standard InChI is InChI=1S/C17H15NO2/c19-17(18-10-5-11-18)16-12-6-1-3-8-14(12)20-15-9-4-2-7-13(15)16/h1-4,6-9,16H,5,10-11H2. The average molecular weight is 265 g/mol. The first-order chi connectivity index (χ1) is 9.84. The van der Waals surface area contributed by atoms with Gasteiger partial charge in [0, 0.05) is 24.2 Å². The van der Waals surface area contributed by atoms with Gasteiger partial charge in [-0.05, 0) is 18.6 Å². The van der Waals surface area contributed by atoms with Gasteiger partial charge >= 0.3 is 0 Å². The number of carbonyl (C=O) groups excluding carboxylic acids is 1. The summed E-state index contributed by atoms with van der Waals surface area (Å²) in [5.74, 6) is 1.56. The third-order valence-electron chi connectivity index (χ3n) is 4.09. The molecule has 2 aromatic carbocycles. The summed E-state index contributed by atoms with van der Waals surface area (Å²) in [6.45, 7) is 1.75. The van der Waals surface area contributed by atoms with Crippen LogP contribution in [0.1, 0.15) is 23.5 Å². The Kier molecular flexibility index (Phi) is 2.52. The van der Waals surface area contributed by atoms with Crippen LogP contribution in [-0.2, 0) is 4.79 Å². The van der Waals surface area contributed by atoms with E-state index in [0.717, 1.165) is 42.1 Å². The molecule has 0 radical (unpaired) electrons. The number of rotatable bonds is 1. The lowest BCUT2D eigenvalue weighted by atomic mass is 9.86. The monoisotopic (exact) mass is 265 g/mol. The molecule has 100 valence electrons. The van der Waals surface area contributed by atoms with Gasteiger partial charge in [0.25, 0.3) is 0 Å². The Hall–Kier alpha value is -2.29. The molecule has 3 nitrogen and oxygen atoms in total. The molecule has 1 saturated heterocycles. The van der Waals surface area contributed by atoms with E-state index in [4.69, 9.17) is 4.74 Å². The lowest BCUT2D eigenvalue weighted by molar-refractivity contribution is -0.135. The predicted molar refractivity (Wildman–Crippen MR) is 76.0 cm³/mol. The van der Waals surface area contributed by atoms with Gasteiger partial charge in [0.05, 0.1) is 5.92 Å². The van der Waals surface area contributed by atoms with Crippen molar-refractivity contribution in [3.8, 4) is 11.5 Å². The predicted octanol–water partition coefficient (Wildman–Crippen LogP) is 3.16. The molecule has 2 heterocycles. The number of amides is 1. The van der Waals surface area contributed by atoms with Crippen molar-refractivity contribution in [3.63, 3.8) is 0 Å². The number of benzene rings is 2. The first-order valence-corrected chi connectivity index (χ1v) is 6.99. The van der Waals surface area contributed by atoms with Crippen LogP contribution < -0.4 is 4.74 Å². The second-order valence-corrected chi connectivity index (χ2v) is 5.29. The van der Waals surface area contributed by atoms with Gasteiger partial charge in [-0.3, -0.25) is 4.79 Å². The summed E-state index contributed by atoms with van der Waals surface area (Å²) < 4.78 is 5.92. The van der Waals surface area contributed by atoms with Crippen LogP contribution in [0.2, 0.25) is 0 Å². The number of nitrogens with zero attached hydrogens (tertiary/aromatic N) is 1. The van der Waals surface area contributed by atoms with Crippen LogP contribution in [0.4, 0.5) is 0 Å². The van der Waals surface area contributed by atoms with Gasteiger partial charge in [-0.25, -0.2) is 0 Å². The van der Waals surface area contributed by atoms with Gasteiger partial charge in [0.15, 0.2) is 0 Å². The Morgan fingerprint density at radius 2 is 1.50 bits per heavy atom. The fraction of sp³-hybridized carbons (Fsp3) is 0.235. The Labute approximate surface area is 117 Å². The van der Waals surface area contributed by atoms with Gasteiger partial charge < -0.3 is 9.64 Å². The number of ether oxygens (including phenoxy) is 1. The summed E-state index contributed by atoms with van der Waals surface area (Å²) in [6, 6.07) is 15.7. The minimum Gasteiger partial charge on any atom is -0.457 e. The number of hydrogen-bond donors (Lipinski definition) is 0. The zero-order valence-electron chi connectivity index (χ0n) is 11.1. The molecule has 0 bridgehead atoms. The summed E-state index contributed by atoms with van der Waals surface area (Å²) in [5, 5.41) is 0. The van der Waals surface area contributed by atoms with E-state index in [1.54, 1.807) is 0 Å². The summed E-state index contributed by atoms with van der Waals surface area (Å²) in [7, 11) is 0. The first-order valence-electron chi connectivity index (χ1n) is 6.99. The third-order valence-corrected chi connectivity index (χ3v) is 4.09. The van der Waals surface area contributed by atoms with Gasteiger partial charge in [-0.1, -0.05) is 36.4 Å². The molecule has 2 aliphatic rings. The van der Waals surface area contributed by atoms with Crippen molar-refractivity contribution in [2.45, 2.75) is 12.3 Å². The molecule has 0 saturated carbocycles. The minimum absolute atomic E-state index is 0.194. The molecule has 20 heavy (non-hydrogen) atoms. The third kappa shape index (κ3) is 1.63. The maximum Gasteiger partial charge on any atom is 0.234 e. The molecule has 4 rings (SSSR count). The molecule has 2 aliphatic heterocycles. The van der Waals surface area contributed by atoms with Crippen LogP contribution in [0, 0.1) is 0 Å². The second kappa shape index (κ2) is 4.37. The van der Waals surface area contributed by atoms with Crippen molar-refractivity contribution in [1.82, 2.24) is 4.90 Å². The number of fused-ring (bicyclic) bond motifs is 2. The highest BCUT2D eigenvalue weighted by molar-refractivity contribution is 5.90. The molecule has 0 aliphatic carbocycles. The van der Waals surface area contributed by atoms with E-state index < -0.39 is 0 Å². The quantitative estimate of drug-likeness (QED) is 0.792. The fourth-order valence-electron chi connectivity index (χ4n) is 2.90. The van der Waals surface area contributed by atoms with E-state index in [1.807, 2.05) is 53.4 Å².